The fourth-order valence-electron chi connectivity index (χ4n) is 1.78. The molecule has 4 nitrogen and oxygen atoms in total. The first-order valence-electron chi connectivity index (χ1n) is 5.90. The van der Waals surface area contributed by atoms with Crippen LogP contribution in [0.3, 0.4) is 0 Å². The van der Waals surface area contributed by atoms with Crippen molar-refractivity contribution in [3.05, 3.63) is 22.7 Å². The molecule has 0 spiro atoms. The van der Waals surface area contributed by atoms with Crippen molar-refractivity contribution in [3.63, 3.8) is 0 Å². The summed E-state index contributed by atoms with van der Waals surface area (Å²) < 4.78 is 26.4. The third-order valence-electron chi connectivity index (χ3n) is 2.81. The van der Waals surface area contributed by atoms with Crippen molar-refractivity contribution in [1.29, 1.82) is 0 Å². The predicted octanol–water partition coefficient (Wildman–Crippen LogP) is 2.65. The fourth-order valence-corrected chi connectivity index (χ4v) is 3.89. The maximum absolute atomic E-state index is 12.5. The average molecular weight is 291 g/mol. The number of sulfonamides is 1. The zero-order chi connectivity index (χ0) is 13.9. The zero-order valence-corrected chi connectivity index (χ0v) is 12.5. The molecule has 2 N–H and O–H groups in total. The van der Waals surface area contributed by atoms with Crippen molar-refractivity contribution in [3.8, 4) is 0 Å². The summed E-state index contributed by atoms with van der Waals surface area (Å²) >= 11 is 5.89. The van der Waals surface area contributed by atoms with E-state index in [0.717, 1.165) is 6.42 Å². The molecule has 1 aromatic rings. The Morgan fingerprint density at radius 1 is 1.33 bits per heavy atom. The molecule has 0 radical (unpaired) electrons. The minimum atomic E-state index is -3.52. The predicted molar refractivity (Wildman–Crippen MR) is 75.3 cm³/mol. The topological polar surface area (TPSA) is 63.4 Å². The standard InChI is InChI=1S/C12H19ClN2O2S/c1-4-6-15(5-2)18(16,17)12-8-10(13)7-11(14)9(12)3/h7-8H,4-6,14H2,1-3H3. The summed E-state index contributed by atoms with van der Waals surface area (Å²) in [7, 11) is -3.52. The summed E-state index contributed by atoms with van der Waals surface area (Å²) in [6, 6.07) is 3.02. The number of benzene rings is 1. The molecule has 0 saturated carbocycles. The third kappa shape index (κ3) is 2.96. The lowest BCUT2D eigenvalue weighted by molar-refractivity contribution is 0.427. The van der Waals surface area contributed by atoms with Gasteiger partial charge in [0, 0.05) is 23.8 Å². The molecule has 0 unspecified atom stereocenters. The monoisotopic (exact) mass is 290 g/mol. The van der Waals surface area contributed by atoms with Crippen LogP contribution in [-0.4, -0.2) is 25.8 Å². The van der Waals surface area contributed by atoms with Crippen LogP contribution in [-0.2, 0) is 10.0 Å². The van der Waals surface area contributed by atoms with Crippen molar-refractivity contribution < 1.29 is 8.42 Å². The summed E-state index contributed by atoms with van der Waals surface area (Å²) in [5.41, 5.74) is 6.71. The second kappa shape index (κ2) is 5.91. The molecule has 0 aromatic heterocycles. The van der Waals surface area contributed by atoms with Crippen LogP contribution in [0.1, 0.15) is 25.8 Å². The summed E-state index contributed by atoms with van der Waals surface area (Å²) in [5.74, 6) is 0. The van der Waals surface area contributed by atoms with Crippen LogP contribution in [0.25, 0.3) is 0 Å². The highest BCUT2D eigenvalue weighted by atomic mass is 35.5. The first-order chi connectivity index (χ1) is 8.34. The van der Waals surface area contributed by atoms with Gasteiger partial charge >= 0.3 is 0 Å². The van der Waals surface area contributed by atoms with E-state index < -0.39 is 10.0 Å². The molecular formula is C12H19ClN2O2S. The number of nitrogens with two attached hydrogens (primary N) is 1. The van der Waals surface area contributed by atoms with E-state index in [9.17, 15) is 8.42 Å². The Bertz CT molecular complexity index is 529. The van der Waals surface area contributed by atoms with Crippen LogP contribution >= 0.6 is 11.6 Å². The Morgan fingerprint density at radius 2 is 1.94 bits per heavy atom. The van der Waals surface area contributed by atoms with Crippen molar-refractivity contribution in [1.82, 2.24) is 4.31 Å². The molecule has 1 aromatic carbocycles. The van der Waals surface area contributed by atoms with Gasteiger partial charge < -0.3 is 5.73 Å². The maximum Gasteiger partial charge on any atom is 0.243 e. The normalized spacial score (nSPS) is 12.1. The highest BCUT2D eigenvalue weighted by Gasteiger charge is 2.25. The van der Waals surface area contributed by atoms with Crippen LogP contribution < -0.4 is 5.73 Å². The number of nitrogen functional groups attached to an aromatic ring is 1. The minimum Gasteiger partial charge on any atom is -0.398 e. The van der Waals surface area contributed by atoms with Crippen molar-refractivity contribution in [2.24, 2.45) is 0 Å². The van der Waals surface area contributed by atoms with Gasteiger partial charge in [0.25, 0.3) is 0 Å². The van der Waals surface area contributed by atoms with Gasteiger partial charge in [-0.2, -0.15) is 4.31 Å². The molecule has 0 bridgehead atoms. The molecule has 0 fully saturated rings. The Balaban J connectivity index is 3.36. The number of hydrogen-bond acceptors (Lipinski definition) is 3. The van der Waals surface area contributed by atoms with E-state index in [1.54, 1.807) is 13.0 Å². The molecule has 6 heteroatoms. The Morgan fingerprint density at radius 3 is 2.44 bits per heavy atom. The van der Waals surface area contributed by atoms with Crippen LogP contribution in [0, 0.1) is 6.92 Å². The van der Waals surface area contributed by atoms with E-state index in [-0.39, 0.29) is 4.90 Å². The van der Waals surface area contributed by atoms with E-state index in [0.29, 0.717) is 29.4 Å². The van der Waals surface area contributed by atoms with Crippen LogP contribution in [0.5, 0.6) is 0 Å². The van der Waals surface area contributed by atoms with Crippen molar-refractivity contribution in [2.75, 3.05) is 18.8 Å². The molecule has 0 saturated heterocycles. The van der Waals surface area contributed by atoms with Gasteiger partial charge in [-0.15, -0.1) is 0 Å². The molecule has 0 heterocycles. The maximum atomic E-state index is 12.5. The van der Waals surface area contributed by atoms with Gasteiger partial charge in [0.1, 0.15) is 0 Å². The van der Waals surface area contributed by atoms with Crippen LogP contribution in [0.15, 0.2) is 17.0 Å². The molecule has 0 atom stereocenters. The highest BCUT2D eigenvalue weighted by molar-refractivity contribution is 7.89. The van der Waals surface area contributed by atoms with Gasteiger partial charge in [-0.3, -0.25) is 0 Å². The molecular weight excluding hydrogens is 272 g/mol. The summed E-state index contributed by atoms with van der Waals surface area (Å²) in [6.45, 7) is 6.37. The highest BCUT2D eigenvalue weighted by Crippen LogP contribution is 2.28. The third-order valence-corrected chi connectivity index (χ3v) is 5.13. The van der Waals surface area contributed by atoms with Gasteiger partial charge in [-0.05, 0) is 31.0 Å². The number of anilines is 1. The van der Waals surface area contributed by atoms with Crippen LogP contribution in [0.2, 0.25) is 5.02 Å². The Kier molecular flexibility index (Phi) is 5.01. The molecule has 0 aliphatic heterocycles. The molecule has 18 heavy (non-hydrogen) atoms. The van der Waals surface area contributed by atoms with Gasteiger partial charge in [-0.25, -0.2) is 8.42 Å². The van der Waals surface area contributed by atoms with Gasteiger partial charge in [0.2, 0.25) is 10.0 Å². The lowest BCUT2D eigenvalue weighted by atomic mass is 10.2. The second-order valence-electron chi connectivity index (χ2n) is 4.11. The van der Waals surface area contributed by atoms with E-state index >= 15 is 0 Å². The van der Waals surface area contributed by atoms with E-state index in [2.05, 4.69) is 0 Å². The van der Waals surface area contributed by atoms with Gasteiger partial charge in [0.15, 0.2) is 0 Å². The number of hydrogen-bond donors (Lipinski definition) is 1. The largest absolute Gasteiger partial charge is 0.398 e. The number of halogens is 1. The van der Waals surface area contributed by atoms with E-state index in [1.165, 1.54) is 10.4 Å². The Hall–Kier alpha value is -0.780. The van der Waals surface area contributed by atoms with Crippen molar-refractivity contribution >= 4 is 27.3 Å². The Labute approximate surface area is 114 Å². The molecule has 102 valence electrons. The SMILES string of the molecule is CCCN(CC)S(=O)(=O)c1cc(Cl)cc(N)c1C. The molecule has 1 rings (SSSR count). The second-order valence-corrected chi connectivity index (χ2v) is 6.46. The summed E-state index contributed by atoms with van der Waals surface area (Å²) in [4.78, 5) is 0.197. The lowest BCUT2D eigenvalue weighted by Gasteiger charge is -2.21. The first-order valence-corrected chi connectivity index (χ1v) is 7.72. The van der Waals surface area contributed by atoms with E-state index in [1.807, 2.05) is 13.8 Å². The molecule has 0 aliphatic rings. The average Bonchev–Trinajstić information content (AvgIpc) is 2.30. The number of nitrogens with zero attached hydrogens (tertiary/aromatic N) is 1. The quantitative estimate of drug-likeness (QED) is 0.848. The molecule has 0 amide bonds. The van der Waals surface area contributed by atoms with Gasteiger partial charge in [-0.1, -0.05) is 25.4 Å². The summed E-state index contributed by atoms with van der Waals surface area (Å²) in [6.07, 6.45) is 0.766. The van der Waals surface area contributed by atoms with Crippen LogP contribution in [0.4, 0.5) is 5.69 Å². The fraction of sp³-hybridized carbons (Fsp3) is 0.500. The zero-order valence-electron chi connectivity index (χ0n) is 10.9. The molecule has 0 aliphatic carbocycles. The lowest BCUT2D eigenvalue weighted by Crippen LogP contribution is -2.32. The minimum absolute atomic E-state index is 0.197. The smallest absolute Gasteiger partial charge is 0.243 e. The number of rotatable bonds is 5. The van der Waals surface area contributed by atoms with E-state index in [4.69, 9.17) is 17.3 Å². The van der Waals surface area contributed by atoms with Crippen molar-refractivity contribution in [2.45, 2.75) is 32.1 Å². The van der Waals surface area contributed by atoms with Gasteiger partial charge in [0.05, 0.1) is 4.90 Å². The summed E-state index contributed by atoms with van der Waals surface area (Å²) in [5, 5.41) is 0.337. The first kappa shape index (κ1) is 15.3.